The summed E-state index contributed by atoms with van der Waals surface area (Å²) in [6.45, 7) is 10.3. The maximum absolute atomic E-state index is 12.2. The van der Waals surface area contributed by atoms with Gasteiger partial charge in [0, 0.05) is 0 Å². The van der Waals surface area contributed by atoms with Crippen LogP contribution in [-0.2, 0) is 14.3 Å². The first kappa shape index (κ1) is 18.9. The molecule has 4 heteroatoms. The summed E-state index contributed by atoms with van der Waals surface area (Å²) in [4.78, 5) is 23.7. The molecule has 0 aromatic carbocycles. The van der Waals surface area contributed by atoms with Gasteiger partial charge in [-0.25, -0.2) is 0 Å². The molecule has 0 aromatic heterocycles. The minimum absolute atomic E-state index is 0.262. The molecule has 0 heterocycles. The molecule has 0 aliphatic heterocycles. The highest BCUT2D eigenvalue weighted by molar-refractivity contribution is 5.81. The molecule has 0 amide bonds. The zero-order valence-electron chi connectivity index (χ0n) is 13.5. The second kappa shape index (κ2) is 9.78. The van der Waals surface area contributed by atoms with Crippen molar-refractivity contribution in [3.63, 3.8) is 0 Å². The normalized spacial score (nSPS) is 14.3. The summed E-state index contributed by atoms with van der Waals surface area (Å²) in [6, 6.07) is 0. The molecule has 0 aliphatic rings. The van der Waals surface area contributed by atoms with E-state index in [9.17, 15) is 14.7 Å². The van der Waals surface area contributed by atoms with Crippen LogP contribution >= 0.6 is 0 Å². The van der Waals surface area contributed by atoms with Crippen molar-refractivity contribution < 1.29 is 19.4 Å². The van der Waals surface area contributed by atoms with E-state index in [1.165, 1.54) is 0 Å². The number of rotatable bonds is 10. The van der Waals surface area contributed by atoms with Gasteiger partial charge in [-0.05, 0) is 24.7 Å². The van der Waals surface area contributed by atoms with Gasteiger partial charge in [0.25, 0.3) is 0 Å². The summed E-state index contributed by atoms with van der Waals surface area (Å²) in [5, 5.41) is 9.40. The number of carbonyl (C=O) groups is 2. The molecule has 1 N–H and O–H groups in total. The molecule has 2 atom stereocenters. The first-order chi connectivity index (χ1) is 9.29. The molecular formula is C16H30O4. The molecule has 0 radical (unpaired) electrons. The van der Waals surface area contributed by atoms with Crippen LogP contribution in [0.2, 0.25) is 0 Å². The average molecular weight is 286 g/mol. The molecule has 0 spiro atoms. The fourth-order valence-electron chi connectivity index (χ4n) is 2.21. The second-order valence-electron chi connectivity index (χ2n) is 6.35. The molecule has 0 bridgehead atoms. The molecule has 0 rings (SSSR count). The molecular weight excluding hydrogens is 256 g/mol. The number of aliphatic carboxylic acids is 1. The third kappa shape index (κ3) is 7.51. The van der Waals surface area contributed by atoms with Crippen molar-refractivity contribution in [1.29, 1.82) is 0 Å². The topological polar surface area (TPSA) is 63.6 Å². The lowest BCUT2D eigenvalue weighted by atomic mass is 9.82. The third-order valence-corrected chi connectivity index (χ3v) is 3.26. The number of hydrogen-bond donors (Lipinski definition) is 1. The van der Waals surface area contributed by atoms with E-state index in [4.69, 9.17) is 4.74 Å². The highest BCUT2D eigenvalue weighted by Crippen LogP contribution is 2.27. The average Bonchev–Trinajstić information content (AvgIpc) is 2.34. The van der Waals surface area contributed by atoms with Crippen molar-refractivity contribution >= 4 is 11.9 Å². The van der Waals surface area contributed by atoms with Gasteiger partial charge in [0.15, 0.2) is 0 Å². The van der Waals surface area contributed by atoms with E-state index in [2.05, 4.69) is 0 Å². The van der Waals surface area contributed by atoms with Crippen LogP contribution < -0.4 is 0 Å². The highest BCUT2D eigenvalue weighted by Gasteiger charge is 2.34. The first-order valence-electron chi connectivity index (χ1n) is 7.68. The van der Waals surface area contributed by atoms with E-state index in [0.717, 1.165) is 12.8 Å². The predicted molar refractivity (Wildman–Crippen MR) is 79.4 cm³/mol. The van der Waals surface area contributed by atoms with E-state index in [1.54, 1.807) is 0 Å². The standard InChI is InChI=1S/C16H30O4/c1-6-7-8-13(15(17)18)14(9-11(2)3)16(19)20-10-12(4)5/h11-14H,6-10H2,1-5H3,(H,17,18). The van der Waals surface area contributed by atoms with Gasteiger partial charge in [-0.1, -0.05) is 47.5 Å². The fraction of sp³-hybridized carbons (Fsp3) is 0.875. The van der Waals surface area contributed by atoms with Gasteiger partial charge in [0.2, 0.25) is 0 Å². The van der Waals surface area contributed by atoms with E-state index < -0.39 is 17.8 Å². The van der Waals surface area contributed by atoms with Crippen LogP contribution in [0.1, 0.15) is 60.3 Å². The zero-order valence-corrected chi connectivity index (χ0v) is 13.5. The van der Waals surface area contributed by atoms with E-state index >= 15 is 0 Å². The Morgan fingerprint density at radius 3 is 2.05 bits per heavy atom. The molecule has 20 heavy (non-hydrogen) atoms. The Morgan fingerprint density at radius 2 is 1.65 bits per heavy atom. The summed E-state index contributed by atoms with van der Waals surface area (Å²) in [5.41, 5.74) is 0. The summed E-state index contributed by atoms with van der Waals surface area (Å²) in [5.74, 6) is -1.86. The van der Waals surface area contributed by atoms with Gasteiger partial charge in [-0.3, -0.25) is 9.59 Å². The number of ether oxygens (including phenoxy) is 1. The molecule has 2 unspecified atom stereocenters. The summed E-state index contributed by atoms with van der Waals surface area (Å²) < 4.78 is 5.28. The molecule has 0 aliphatic carbocycles. The molecule has 118 valence electrons. The van der Waals surface area contributed by atoms with Crippen molar-refractivity contribution in [2.24, 2.45) is 23.7 Å². The van der Waals surface area contributed by atoms with Crippen molar-refractivity contribution in [3.05, 3.63) is 0 Å². The Balaban J connectivity index is 4.87. The van der Waals surface area contributed by atoms with Gasteiger partial charge in [0.05, 0.1) is 18.4 Å². The number of unbranched alkanes of at least 4 members (excludes halogenated alkanes) is 1. The molecule has 0 saturated heterocycles. The van der Waals surface area contributed by atoms with E-state index in [-0.39, 0.29) is 17.8 Å². The van der Waals surface area contributed by atoms with E-state index in [0.29, 0.717) is 19.4 Å². The maximum atomic E-state index is 12.2. The molecule has 0 fully saturated rings. The number of esters is 1. The summed E-state index contributed by atoms with van der Waals surface area (Å²) in [6.07, 6.45) is 2.86. The molecule has 0 saturated carbocycles. The van der Waals surface area contributed by atoms with Crippen LogP contribution in [0.25, 0.3) is 0 Å². The Kier molecular flexibility index (Phi) is 9.26. The van der Waals surface area contributed by atoms with Crippen molar-refractivity contribution in [2.75, 3.05) is 6.61 Å². The van der Waals surface area contributed by atoms with Crippen molar-refractivity contribution in [3.8, 4) is 0 Å². The zero-order chi connectivity index (χ0) is 15.7. The van der Waals surface area contributed by atoms with Crippen LogP contribution in [0, 0.1) is 23.7 Å². The Morgan fingerprint density at radius 1 is 1.05 bits per heavy atom. The largest absolute Gasteiger partial charge is 0.481 e. The number of carboxylic acids is 1. The maximum Gasteiger partial charge on any atom is 0.309 e. The monoisotopic (exact) mass is 286 g/mol. The van der Waals surface area contributed by atoms with Crippen LogP contribution in [0.4, 0.5) is 0 Å². The SMILES string of the molecule is CCCCC(C(=O)O)C(CC(C)C)C(=O)OCC(C)C. The number of hydrogen-bond acceptors (Lipinski definition) is 3. The quantitative estimate of drug-likeness (QED) is 0.621. The minimum Gasteiger partial charge on any atom is -0.481 e. The van der Waals surface area contributed by atoms with Crippen LogP contribution in [-0.4, -0.2) is 23.7 Å². The lowest BCUT2D eigenvalue weighted by Crippen LogP contribution is -2.33. The number of carbonyl (C=O) groups excluding carboxylic acids is 1. The summed E-state index contributed by atoms with van der Waals surface area (Å²) >= 11 is 0. The minimum atomic E-state index is -0.884. The van der Waals surface area contributed by atoms with Crippen LogP contribution in [0.5, 0.6) is 0 Å². The van der Waals surface area contributed by atoms with E-state index in [1.807, 2.05) is 34.6 Å². The first-order valence-corrected chi connectivity index (χ1v) is 7.68. The van der Waals surface area contributed by atoms with Crippen LogP contribution in [0.3, 0.4) is 0 Å². The van der Waals surface area contributed by atoms with Gasteiger partial charge in [-0.2, -0.15) is 0 Å². The molecule has 4 nitrogen and oxygen atoms in total. The second-order valence-corrected chi connectivity index (χ2v) is 6.35. The third-order valence-electron chi connectivity index (χ3n) is 3.26. The number of carboxylic acid groups (broad SMARTS) is 1. The van der Waals surface area contributed by atoms with Gasteiger partial charge < -0.3 is 9.84 Å². The van der Waals surface area contributed by atoms with Crippen LogP contribution in [0.15, 0.2) is 0 Å². The van der Waals surface area contributed by atoms with Crippen molar-refractivity contribution in [1.82, 2.24) is 0 Å². The summed E-state index contributed by atoms with van der Waals surface area (Å²) in [7, 11) is 0. The smallest absolute Gasteiger partial charge is 0.309 e. The van der Waals surface area contributed by atoms with Gasteiger partial charge >= 0.3 is 11.9 Å². The van der Waals surface area contributed by atoms with Crippen molar-refractivity contribution in [2.45, 2.75) is 60.3 Å². The molecule has 0 aromatic rings. The van der Waals surface area contributed by atoms with Gasteiger partial charge in [-0.15, -0.1) is 0 Å². The predicted octanol–water partition coefficient (Wildman–Crippen LogP) is 3.74. The van der Waals surface area contributed by atoms with Gasteiger partial charge in [0.1, 0.15) is 0 Å². The Hall–Kier alpha value is -1.06. The lowest BCUT2D eigenvalue weighted by molar-refractivity contribution is -0.159. The highest BCUT2D eigenvalue weighted by atomic mass is 16.5. The Labute approximate surface area is 122 Å². The fourth-order valence-corrected chi connectivity index (χ4v) is 2.21. The Bertz CT molecular complexity index is 297. The lowest BCUT2D eigenvalue weighted by Gasteiger charge is -2.24.